The van der Waals surface area contributed by atoms with E-state index in [2.05, 4.69) is 12.1 Å². The lowest BCUT2D eigenvalue weighted by Gasteiger charge is -2.36. The molecular weight excluding hydrogens is 463 g/mol. The molecule has 1 unspecified atom stereocenters. The van der Waals surface area contributed by atoms with Gasteiger partial charge in [-0.2, -0.15) is 0 Å². The first kappa shape index (κ1) is 25.4. The van der Waals surface area contributed by atoms with Gasteiger partial charge in [0.2, 0.25) is 0 Å². The predicted molar refractivity (Wildman–Crippen MR) is 130 cm³/mol. The molecule has 3 rings (SSSR count). The Morgan fingerprint density at radius 1 is 1.06 bits per heavy atom. The minimum absolute atomic E-state index is 0.0438. The maximum Gasteiger partial charge on any atom is 0.309 e. The van der Waals surface area contributed by atoms with E-state index in [0.717, 1.165) is 24.0 Å². The van der Waals surface area contributed by atoms with Gasteiger partial charge in [-0.1, -0.05) is 65.7 Å². The van der Waals surface area contributed by atoms with Gasteiger partial charge in [-0.15, -0.1) is 0 Å². The van der Waals surface area contributed by atoms with E-state index in [9.17, 15) is 9.59 Å². The van der Waals surface area contributed by atoms with Crippen LogP contribution in [0.4, 0.5) is 0 Å². The van der Waals surface area contributed by atoms with Crippen LogP contribution >= 0.6 is 23.2 Å². The summed E-state index contributed by atoms with van der Waals surface area (Å²) in [4.78, 5) is 25.1. The van der Waals surface area contributed by atoms with Crippen LogP contribution in [0.5, 0.6) is 0 Å². The van der Waals surface area contributed by atoms with Gasteiger partial charge in [0.25, 0.3) is 0 Å². The van der Waals surface area contributed by atoms with Crippen molar-refractivity contribution in [3.63, 3.8) is 0 Å². The molecule has 0 spiro atoms. The summed E-state index contributed by atoms with van der Waals surface area (Å²) < 4.78 is 16.2. The first-order valence-corrected chi connectivity index (χ1v) is 11.6. The zero-order valence-corrected chi connectivity index (χ0v) is 20.3. The maximum atomic E-state index is 12.8. The van der Waals surface area contributed by atoms with Crippen molar-refractivity contribution < 1.29 is 23.8 Å². The van der Waals surface area contributed by atoms with Crippen LogP contribution in [0.25, 0.3) is 6.08 Å². The SMILES string of the molecule is COC(=O)C(C/C=C/c1ccc(C2(OC)CCOCC2)cc1)CC(=O)c1c(Cl)cccc1Cl. The van der Waals surface area contributed by atoms with E-state index in [0.29, 0.717) is 19.6 Å². The quantitative estimate of drug-likeness (QED) is 0.313. The monoisotopic (exact) mass is 490 g/mol. The average molecular weight is 491 g/mol. The van der Waals surface area contributed by atoms with Gasteiger partial charge in [0.05, 0.1) is 34.2 Å². The highest BCUT2D eigenvalue weighted by molar-refractivity contribution is 6.39. The van der Waals surface area contributed by atoms with Crippen LogP contribution in [0.15, 0.2) is 48.5 Å². The molecule has 5 nitrogen and oxygen atoms in total. The number of carbonyl (C=O) groups excluding carboxylic acids is 2. The van der Waals surface area contributed by atoms with Crippen molar-refractivity contribution in [1.29, 1.82) is 0 Å². The number of hydrogen-bond donors (Lipinski definition) is 0. The van der Waals surface area contributed by atoms with Gasteiger partial charge in [0, 0.05) is 39.6 Å². The van der Waals surface area contributed by atoms with Gasteiger partial charge in [-0.3, -0.25) is 9.59 Å². The lowest BCUT2D eigenvalue weighted by molar-refractivity contribution is -0.145. The summed E-state index contributed by atoms with van der Waals surface area (Å²) in [5.41, 5.74) is 2.03. The fourth-order valence-electron chi connectivity index (χ4n) is 4.10. The number of carbonyl (C=O) groups is 2. The normalized spacial score (nSPS) is 16.5. The minimum Gasteiger partial charge on any atom is -0.469 e. The van der Waals surface area contributed by atoms with Gasteiger partial charge in [0.15, 0.2) is 5.78 Å². The Morgan fingerprint density at radius 2 is 1.70 bits per heavy atom. The molecule has 0 aliphatic carbocycles. The van der Waals surface area contributed by atoms with Crippen molar-refractivity contribution in [1.82, 2.24) is 0 Å². The van der Waals surface area contributed by atoms with Crippen LogP contribution in [-0.2, 0) is 24.6 Å². The Balaban J connectivity index is 1.68. The number of allylic oxidation sites excluding steroid dienone is 1. The van der Waals surface area contributed by atoms with Crippen molar-refractivity contribution in [2.24, 2.45) is 5.92 Å². The van der Waals surface area contributed by atoms with E-state index < -0.39 is 11.9 Å². The molecule has 0 bridgehead atoms. The van der Waals surface area contributed by atoms with Crippen LogP contribution < -0.4 is 0 Å². The number of ketones is 1. The summed E-state index contributed by atoms with van der Waals surface area (Å²) in [5, 5.41) is 0.537. The molecule has 2 aromatic carbocycles. The summed E-state index contributed by atoms with van der Waals surface area (Å²) >= 11 is 12.3. The molecule has 2 aromatic rings. The molecule has 176 valence electrons. The first-order valence-electron chi connectivity index (χ1n) is 10.8. The molecule has 33 heavy (non-hydrogen) atoms. The third-order valence-corrected chi connectivity index (χ3v) is 6.70. The molecule has 0 aromatic heterocycles. The Labute approximate surface area is 204 Å². The summed E-state index contributed by atoms with van der Waals surface area (Å²) in [6.07, 6.45) is 5.75. The molecule has 1 aliphatic heterocycles. The highest BCUT2D eigenvalue weighted by Gasteiger charge is 2.34. The molecular formula is C26H28Cl2O5. The minimum atomic E-state index is -0.635. The van der Waals surface area contributed by atoms with Crippen LogP contribution in [0, 0.1) is 5.92 Å². The van der Waals surface area contributed by atoms with Crippen LogP contribution in [0.2, 0.25) is 10.0 Å². The lowest BCUT2D eigenvalue weighted by atomic mass is 9.85. The molecule has 0 amide bonds. The summed E-state index contributed by atoms with van der Waals surface area (Å²) in [5.74, 6) is -1.38. The largest absolute Gasteiger partial charge is 0.469 e. The van der Waals surface area contributed by atoms with E-state index >= 15 is 0 Å². The number of rotatable bonds is 9. The highest BCUT2D eigenvalue weighted by Crippen LogP contribution is 2.35. The molecule has 0 N–H and O–H groups in total. The summed E-state index contributed by atoms with van der Waals surface area (Å²) in [6, 6.07) is 13.0. The lowest BCUT2D eigenvalue weighted by Crippen LogP contribution is -2.35. The molecule has 1 fully saturated rings. The van der Waals surface area contributed by atoms with Gasteiger partial charge >= 0.3 is 5.97 Å². The van der Waals surface area contributed by atoms with Crippen LogP contribution in [-0.4, -0.2) is 39.2 Å². The smallest absolute Gasteiger partial charge is 0.309 e. The van der Waals surface area contributed by atoms with E-state index in [1.165, 1.54) is 7.11 Å². The van der Waals surface area contributed by atoms with Crippen molar-refractivity contribution in [3.05, 3.63) is 75.3 Å². The Bertz CT molecular complexity index is 974. The highest BCUT2D eigenvalue weighted by atomic mass is 35.5. The topological polar surface area (TPSA) is 61.8 Å². The number of halogens is 2. The Kier molecular flexibility index (Phi) is 9.10. The van der Waals surface area contributed by atoms with E-state index in [4.69, 9.17) is 37.4 Å². The summed E-state index contributed by atoms with van der Waals surface area (Å²) in [7, 11) is 3.05. The van der Waals surface area contributed by atoms with Gasteiger partial charge in [-0.25, -0.2) is 0 Å². The van der Waals surface area contributed by atoms with E-state index in [1.54, 1.807) is 25.3 Å². The number of benzene rings is 2. The molecule has 1 aliphatic rings. The van der Waals surface area contributed by atoms with Crippen molar-refractivity contribution >= 4 is 41.0 Å². The zero-order valence-electron chi connectivity index (χ0n) is 18.8. The van der Waals surface area contributed by atoms with Crippen molar-refractivity contribution in [3.8, 4) is 0 Å². The van der Waals surface area contributed by atoms with Gasteiger partial charge < -0.3 is 14.2 Å². The Morgan fingerprint density at radius 3 is 2.27 bits per heavy atom. The number of hydrogen-bond acceptors (Lipinski definition) is 5. The molecule has 0 radical (unpaired) electrons. The summed E-state index contributed by atoms with van der Waals surface area (Å²) in [6.45, 7) is 1.37. The second kappa shape index (κ2) is 11.8. The van der Waals surface area contributed by atoms with E-state index in [-0.39, 0.29) is 33.4 Å². The molecule has 1 heterocycles. The van der Waals surface area contributed by atoms with Crippen molar-refractivity contribution in [2.45, 2.75) is 31.3 Å². The van der Waals surface area contributed by atoms with Gasteiger partial charge in [0.1, 0.15) is 0 Å². The maximum absolute atomic E-state index is 12.8. The fraction of sp³-hybridized carbons (Fsp3) is 0.385. The molecule has 1 atom stereocenters. The van der Waals surface area contributed by atoms with Crippen molar-refractivity contribution in [2.75, 3.05) is 27.4 Å². The van der Waals surface area contributed by atoms with Crippen LogP contribution in [0.1, 0.15) is 47.2 Å². The molecule has 0 saturated carbocycles. The molecule has 1 saturated heterocycles. The first-order chi connectivity index (χ1) is 15.9. The predicted octanol–water partition coefficient (Wildman–Crippen LogP) is 6.11. The second-order valence-electron chi connectivity index (χ2n) is 8.01. The number of Topliss-reactive ketones (excluding diaryl/α,β-unsaturated/α-hetero) is 1. The van der Waals surface area contributed by atoms with Crippen LogP contribution in [0.3, 0.4) is 0 Å². The Hall–Kier alpha value is -2.18. The third-order valence-electron chi connectivity index (χ3n) is 6.07. The van der Waals surface area contributed by atoms with E-state index in [1.807, 2.05) is 24.3 Å². The zero-order chi connectivity index (χ0) is 23.8. The standard InChI is InChI=1S/C26H28Cl2O5/c1-31-25(30)19(17-23(29)24-21(27)7-4-8-22(24)28)6-3-5-18-9-11-20(12-10-18)26(32-2)13-15-33-16-14-26/h3-5,7-12,19H,6,13-17H2,1-2H3/b5-3+. The third kappa shape index (κ3) is 6.24. The number of methoxy groups -OCH3 is 2. The number of ether oxygens (including phenoxy) is 3. The average Bonchev–Trinajstić information content (AvgIpc) is 2.83. The molecule has 7 heteroatoms. The van der Waals surface area contributed by atoms with Gasteiger partial charge in [-0.05, 0) is 29.7 Å². The number of esters is 1. The second-order valence-corrected chi connectivity index (χ2v) is 8.83. The fourth-order valence-corrected chi connectivity index (χ4v) is 4.71.